The first-order valence-corrected chi connectivity index (χ1v) is 6.95. The Balaban J connectivity index is 1.80. The average Bonchev–Trinajstić information content (AvgIpc) is 2.38. The van der Waals surface area contributed by atoms with Crippen LogP contribution < -0.4 is 4.90 Å². The molecule has 0 bridgehead atoms. The van der Waals surface area contributed by atoms with Gasteiger partial charge < -0.3 is 9.64 Å². The van der Waals surface area contributed by atoms with Crippen LogP contribution in [0.25, 0.3) is 0 Å². The minimum Gasteiger partial charge on any atom is -0.381 e. The van der Waals surface area contributed by atoms with Crippen LogP contribution in [-0.2, 0) is 4.74 Å². The SMILES string of the molecule is CN(CCC1CCOCC1)c1ccc(Br)cn1. The summed E-state index contributed by atoms with van der Waals surface area (Å²) in [7, 11) is 2.11. The van der Waals surface area contributed by atoms with Gasteiger partial charge in [0.25, 0.3) is 0 Å². The van der Waals surface area contributed by atoms with Crippen molar-refractivity contribution in [3.63, 3.8) is 0 Å². The molecule has 4 heteroatoms. The maximum atomic E-state index is 5.37. The smallest absolute Gasteiger partial charge is 0.128 e. The zero-order valence-corrected chi connectivity index (χ0v) is 11.8. The van der Waals surface area contributed by atoms with Crippen LogP contribution in [0.2, 0.25) is 0 Å². The third-order valence-corrected chi connectivity index (χ3v) is 3.79. The van der Waals surface area contributed by atoms with Crippen LogP contribution in [0.1, 0.15) is 19.3 Å². The normalized spacial score (nSPS) is 17.1. The number of halogens is 1. The van der Waals surface area contributed by atoms with Gasteiger partial charge in [0.1, 0.15) is 5.82 Å². The van der Waals surface area contributed by atoms with Gasteiger partial charge in [0.15, 0.2) is 0 Å². The molecule has 1 aliphatic heterocycles. The fraction of sp³-hybridized carbons (Fsp3) is 0.615. The van der Waals surface area contributed by atoms with Crippen LogP contribution in [0.4, 0.5) is 5.82 Å². The Morgan fingerprint density at radius 2 is 2.18 bits per heavy atom. The lowest BCUT2D eigenvalue weighted by Crippen LogP contribution is -2.24. The van der Waals surface area contributed by atoms with E-state index >= 15 is 0 Å². The number of anilines is 1. The van der Waals surface area contributed by atoms with E-state index in [2.05, 4.69) is 32.9 Å². The number of hydrogen-bond acceptors (Lipinski definition) is 3. The minimum atomic E-state index is 0.821. The van der Waals surface area contributed by atoms with Crippen molar-refractivity contribution in [3.8, 4) is 0 Å². The first-order valence-electron chi connectivity index (χ1n) is 6.16. The molecule has 1 aliphatic rings. The van der Waals surface area contributed by atoms with E-state index in [0.29, 0.717) is 0 Å². The standard InChI is InChI=1S/C13H19BrN2O/c1-16(13-3-2-12(14)10-15-13)7-4-11-5-8-17-9-6-11/h2-3,10-11H,4-9H2,1H3. The predicted molar refractivity (Wildman–Crippen MR) is 73.4 cm³/mol. The second-order valence-electron chi connectivity index (χ2n) is 4.60. The molecule has 0 amide bonds. The summed E-state index contributed by atoms with van der Waals surface area (Å²) in [6.45, 7) is 2.94. The van der Waals surface area contributed by atoms with Crippen molar-refractivity contribution in [2.75, 3.05) is 31.7 Å². The molecule has 2 rings (SSSR count). The average molecular weight is 299 g/mol. The summed E-state index contributed by atoms with van der Waals surface area (Å²) in [4.78, 5) is 6.62. The molecule has 3 nitrogen and oxygen atoms in total. The van der Waals surface area contributed by atoms with Gasteiger partial charge in [0.05, 0.1) is 0 Å². The van der Waals surface area contributed by atoms with Crippen molar-refractivity contribution in [1.82, 2.24) is 4.98 Å². The Kier molecular flexibility index (Phi) is 4.80. The second kappa shape index (κ2) is 6.36. The van der Waals surface area contributed by atoms with Crippen molar-refractivity contribution >= 4 is 21.7 Å². The van der Waals surface area contributed by atoms with Gasteiger partial charge in [0, 0.05) is 37.5 Å². The molecule has 0 aromatic carbocycles. The molecule has 2 heterocycles. The number of nitrogens with zero attached hydrogens (tertiary/aromatic N) is 2. The Bertz CT molecular complexity index is 336. The van der Waals surface area contributed by atoms with E-state index in [1.807, 2.05) is 18.3 Å². The molecule has 1 aromatic rings. The summed E-state index contributed by atoms with van der Waals surface area (Å²) in [6.07, 6.45) is 5.50. The third kappa shape index (κ3) is 3.96. The van der Waals surface area contributed by atoms with Gasteiger partial charge in [-0.3, -0.25) is 0 Å². The lowest BCUT2D eigenvalue weighted by molar-refractivity contribution is 0.0645. The largest absolute Gasteiger partial charge is 0.381 e. The van der Waals surface area contributed by atoms with E-state index in [4.69, 9.17) is 4.74 Å². The maximum Gasteiger partial charge on any atom is 0.128 e. The maximum absolute atomic E-state index is 5.37. The highest BCUT2D eigenvalue weighted by molar-refractivity contribution is 9.10. The van der Waals surface area contributed by atoms with Crippen molar-refractivity contribution < 1.29 is 4.74 Å². The second-order valence-corrected chi connectivity index (χ2v) is 5.52. The lowest BCUT2D eigenvalue weighted by atomic mass is 9.96. The predicted octanol–water partition coefficient (Wildman–Crippen LogP) is 3.10. The van der Waals surface area contributed by atoms with Gasteiger partial charge in [-0.1, -0.05) is 0 Å². The molecule has 0 atom stereocenters. The fourth-order valence-electron chi connectivity index (χ4n) is 2.12. The third-order valence-electron chi connectivity index (χ3n) is 3.32. The highest BCUT2D eigenvalue weighted by Crippen LogP contribution is 2.20. The molecule has 0 spiro atoms. The highest BCUT2D eigenvalue weighted by atomic mass is 79.9. The van der Waals surface area contributed by atoms with Crippen LogP contribution >= 0.6 is 15.9 Å². The molecule has 1 aromatic heterocycles. The van der Waals surface area contributed by atoms with Gasteiger partial charge in [-0.25, -0.2) is 4.98 Å². The van der Waals surface area contributed by atoms with Gasteiger partial charge in [0.2, 0.25) is 0 Å². The van der Waals surface area contributed by atoms with Crippen molar-refractivity contribution in [2.45, 2.75) is 19.3 Å². The summed E-state index contributed by atoms with van der Waals surface area (Å²) in [5, 5.41) is 0. The molecule has 0 unspecified atom stereocenters. The van der Waals surface area contributed by atoms with Gasteiger partial charge in [-0.15, -0.1) is 0 Å². The molecule has 17 heavy (non-hydrogen) atoms. The summed E-state index contributed by atoms with van der Waals surface area (Å²) in [5.41, 5.74) is 0. The van der Waals surface area contributed by atoms with E-state index in [1.54, 1.807) is 0 Å². The van der Waals surface area contributed by atoms with E-state index in [9.17, 15) is 0 Å². The number of hydrogen-bond donors (Lipinski definition) is 0. The van der Waals surface area contributed by atoms with Gasteiger partial charge in [-0.05, 0) is 53.2 Å². The van der Waals surface area contributed by atoms with Gasteiger partial charge in [-0.2, -0.15) is 0 Å². The van der Waals surface area contributed by atoms with E-state index in [1.165, 1.54) is 19.3 Å². The Hall–Kier alpha value is -0.610. The Labute approximate surface area is 111 Å². The molecular weight excluding hydrogens is 280 g/mol. The fourth-order valence-corrected chi connectivity index (χ4v) is 2.35. The number of aromatic nitrogens is 1. The van der Waals surface area contributed by atoms with Crippen molar-refractivity contribution in [3.05, 3.63) is 22.8 Å². The number of pyridine rings is 1. The topological polar surface area (TPSA) is 25.4 Å². The molecular formula is C13H19BrN2O. The number of ether oxygens (including phenoxy) is 1. The zero-order valence-electron chi connectivity index (χ0n) is 10.2. The molecule has 0 radical (unpaired) electrons. The van der Waals surface area contributed by atoms with E-state index in [0.717, 1.165) is 36.0 Å². The summed E-state index contributed by atoms with van der Waals surface area (Å²) < 4.78 is 6.40. The molecule has 0 saturated carbocycles. The lowest BCUT2D eigenvalue weighted by Gasteiger charge is -2.25. The van der Waals surface area contributed by atoms with Crippen LogP contribution in [-0.4, -0.2) is 31.8 Å². The Morgan fingerprint density at radius 1 is 1.41 bits per heavy atom. The van der Waals surface area contributed by atoms with E-state index in [-0.39, 0.29) is 0 Å². The molecule has 0 aliphatic carbocycles. The molecule has 1 saturated heterocycles. The monoisotopic (exact) mass is 298 g/mol. The van der Waals surface area contributed by atoms with E-state index < -0.39 is 0 Å². The molecule has 1 fully saturated rings. The van der Waals surface area contributed by atoms with Crippen LogP contribution in [0.5, 0.6) is 0 Å². The van der Waals surface area contributed by atoms with Crippen molar-refractivity contribution in [2.24, 2.45) is 5.92 Å². The van der Waals surface area contributed by atoms with Crippen LogP contribution in [0.3, 0.4) is 0 Å². The minimum absolute atomic E-state index is 0.821. The van der Waals surface area contributed by atoms with Crippen molar-refractivity contribution in [1.29, 1.82) is 0 Å². The summed E-state index contributed by atoms with van der Waals surface area (Å²) in [5.74, 6) is 1.86. The van der Waals surface area contributed by atoms with Gasteiger partial charge >= 0.3 is 0 Å². The van der Waals surface area contributed by atoms with Crippen LogP contribution in [0, 0.1) is 5.92 Å². The highest BCUT2D eigenvalue weighted by Gasteiger charge is 2.14. The quantitative estimate of drug-likeness (QED) is 0.854. The number of rotatable bonds is 4. The first kappa shape index (κ1) is 12.8. The summed E-state index contributed by atoms with van der Waals surface area (Å²) in [6, 6.07) is 4.08. The van der Waals surface area contributed by atoms with Crippen LogP contribution in [0.15, 0.2) is 22.8 Å². The molecule has 94 valence electrons. The Morgan fingerprint density at radius 3 is 2.82 bits per heavy atom. The first-order chi connectivity index (χ1) is 8.25. The molecule has 0 N–H and O–H groups in total. The zero-order chi connectivity index (χ0) is 12.1. The summed E-state index contributed by atoms with van der Waals surface area (Å²) >= 11 is 3.40.